The molecule has 0 spiro atoms. The molecule has 7 nitrogen and oxygen atoms in total. The fourth-order valence-electron chi connectivity index (χ4n) is 0.990. The largest absolute Gasteiger partial charge is 0.471 e. The second-order valence-electron chi connectivity index (χ2n) is 3.36. The van der Waals surface area contributed by atoms with Crippen LogP contribution in [0, 0.1) is 23.0 Å². The van der Waals surface area contributed by atoms with E-state index >= 15 is 0 Å². The minimum Gasteiger partial charge on any atom is -0.471 e. The van der Waals surface area contributed by atoms with Crippen LogP contribution in [0.25, 0.3) is 0 Å². The van der Waals surface area contributed by atoms with Crippen molar-refractivity contribution in [3.63, 3.8) is 0 Å². The molecule has 0 aliphatic rings. The highest BCUT2D eigenvalue weighted by Gasteiger charge is 2.23. The highest BCUT2D eigenvalue weighted by molar-refractivity contribution is 5.44. The van der Waals surface area contributed by atoms with Gasteiger partial charge in [0.15, 0.2) is 0 Å². The molecule has 1 heterocycles. The lowest BCUT2D eigenvalue weighted by atomic mass is 10.2. The van der Waals surface area contributed by atoms with Crippen molar-refractivity contribution < 1.29 is 14.8 Å². The van der Waals surface area contributed by atoms with Gasteiger partial charge in [-0.25, -0.2) is 0 Å². The summed E-state index contributed by atoms with van der Waals surface area (Å²) in [6.45, 7) is 3.48. The van der Waals surface area contributed by atoms with Crippen molar-refractivity contribution in [3.8, 4) is 5.88 Å². The maximum absolute atomic E-state index is 10.6. The summed E-state index contributed by atoms with van der Waals surface area (Å²) in [5.74, 6) is -0.112. The Morgan fingerprint density at radius 3 is 2.93 bits per heavy atom. The van der Waals surface area contributed by atoms with Gasteiger partial charge in [0.2, 0.25) is 0 Å². The molecule has 1 aromatic rings. The number of aromatic amines is 1. The Hall–Kier alpha value is -1.63. The number of aliphatic hydroxyl groups is 1. The number of nitrogens with one attached hydrogen (secondary N) is 1. The predicted molar refractivity (Wildman–Crippen MR) is 51.7 cm³/mol. The first-order valence-electron chi connectivity index (χ1n) is 4.49. The first-order chi connectivity index (χ1) is 7.06. The van der Waals surface area contributed by atoms with Crippen LogP contribution in [0.2, 0.25) is 0 Å². The molecule has 1 aromatic heterocycles. The topological polar surface area (TPSA) is 101 Å². The molecule has 0 saturated carbocycles. The molecule has 0 unspecified atom stereocenters. The summed E-state index contributed by atoms with van der Waals surface area (Å²) in [6, 6.07) is 0. The molecule has 15 heavy (non-hydrogen) atoms. The van der Waals surface area contributed by atoms with Gasteiger partial charge in [-0.3, -0.25) is 15.2 Å². The number of nitrogens with zero attached hydrogens (tertiary/aromatic N) is 2. The summed E-state index contributed by atoms with van der Waals surface area (Å²) in [5.41, 5.74) is 0.201. The number of aromatic nitrogens is 2. The second kappa shape index (κ2) is 4.74. The molecule has 0 saturated heterocycles. The average molecular weight is 215 g/mol. The third kappa shape index (κ3) is 2.66. The Morgan fingerprint density at radius 2 is 2.40 bits per heavy atom. The minimum atomic E-state index is -0.544. The van der Waals surface area contributed by atoms with Gasteiger partial charge >= 0.3 is 11.6 Å². The van der Waals surface area contributed by atoms with Crippen LogP contribution in [-0.4, -0.2) is 33.4 Å². The molecule has 1 atom stereocenters. The van der Waals surface area contributed by atoms with E-state index in [-0.39, 0.29) is 30.7 Å². The van der Waals surface area contributed by atoms with Crippen LogP contribution >= 0.6 is 0 Å². The summed E-state index contributed by atoms with van der Waals surface area (Å²) in [6.07, 6.45) is 0. The van der Waals surface area contributed by atoms with E-state index in [0.717, 1.165) is 0 Å². The third-order valence-corrected chi connectivity index (χ3v) is 1.88. The van der Waals surface area contributed by atoms with Crippen LogP contribution in [-0.2, 0) is 0 Å². The number of rotatable bonds is 5. The highest BCUT2D eigenvalue weighted by Crippen LogP contribution is 2.27. The van der Waals surface area contributed by atoms with Crippen LogP contribution in [0.5, 0.6) is 5.88 Å². The maximum Gasteiger partial charge on any atom is 0.352 e. The second-order valence-corrected chi connectivity index (χ2v) is 3.36. The molecule has 84 valence electrons. The highest BCUT2D eigenvalue weighted by atomic mass is 16.6. The van der Waals surface area contributed by atoms with E-state index in [4.69, 9.17) is 9.84 Å². The van der Waals surface area contributed by atoms with Crippen molar-refractivity contribution in [3.05, 3.63) is 15.8 Å². The van der Waals surface area contributed by atoms with Gasteiger partial charge < -0.3 is 9.84 Å². The van der Waals surface area contributed by atoms with Crippen LogP contribution in [0.1, 0.15) is 12.6 Å². The smallest absolute Gasteiger partial charge is 0.352 e. The van der Waals surface area contributed by atoms with Gasteiger partial charge in [0.25, 0.3) is 0 Å². The van der Waals surface area contributed by atoms with E-state index in [2.05, 4.69) is 10.2 Å². The van der Waals surface area contributed by atoms with E-state index in [1.165, 1.54) is 0 Å². The lowest BCUT2D eigenvalue weighted by Gasteiger charge is -2.07. The zero-order valence-corrected chi connectivity index (χ0v) is 8.56. The molecule has 0 aliphatic carbocycles. The number of hydrogen-bond acceptors (Lipinski definition) is 5. The predicted octanol–water partition coefficient (Wildman–Crippen LogP) is 0.634. The van der Waals surface area contributed by atoms with Crippen molar-refractivity contribution in [1.82, 2.24) is 10.2 Å². The van der Waals surface area contributed by atoms with Crippen molar-refractivity contribution >= 4 is 5.69 Å². The Labute approximate surface area is 86.2 Å². The Kier molecular flexibility index (Phi) is 3.62. The van der Waals surface area contributed by atoms with Crippen LogP contribution < -0.4 is 4.74 Å². The fourth-order valence-corrected chi connectivity index (χ4v) is 0.990. The minimum absolute atomic E-state index is 0.0298. The molecule has 0 amide bonds. The monoisotopic (exact) mass is 215 g/mol. The molecule has 0 radical (unpaired) electrons. The lowest BCUT2D eigenvalue weighted by Crippen LogP contribution is -2.12. The Balaban J connectivity index is 2.73. The quantitative estimate of drug-likeness (QED) is 0.554. The number of H-pyrrole nitrogens is 1. The lowest BCUT2D eigenvalue weighted by molar-refractivity contribution is -0.386. The number of nitro groups is 1. The molecular weight excluding hydrogens is 202 g/mol. The van der Waals surface area contributed by atoms with Crippen LogP contribution in [0.4, 0.5) is 5.69 Å². The molecule has 1 rings (SSSR count). The van der Waals surface area contributed by atoms with Crippen molar-refractivity contribution in [2.75, 3.05) is 13.2 Å². The molecule has 0 aromatic carbocycles. The van der Waals surface area contributed by atoms with E-state index in [1.54, 1.807) is 13.8 Å². The Bertz CT molecular complexity index is 350. The Morgan fingerprint density at radius 1 is 1.73 bits per heavy atom. The molecular formula is C8H13N3O4. The first-order valence-corrected chi connectivity index (χ1v) is 4.49. The third-order valence-electron chi connectivity index (χ3n) is 1.88. The first kappa shape index (κ1) is 11.4. The van der Waals surface area contributed by atoms with Gasteiger partial charge in [-0.2, -0.15) is 0 Å². The van der Waals surface area contributed by atoms with Crippen molar-refractivity contribution in [2.45, 2.75) is 13.8 Å². The number of ether oxygens (including phenoxy) is 1. The normalized spacial score (nSPS) is 12.5. The van der Waals surface area contributed by atoms with E-state index in [0.29, 0.717) is 5.69 Å². The zero-order chi connectivity index (χ0) is 11.4. The van der Waals surface area contributed by atoms with Gasteiger partial charge in [-0.15, -0.1) is 5.10 Å². The van der Waals surface area contributed by atoms with Gasteiger partial charge in [-0.05, 0) is 6.92 Å². The molecule has 2 N–H and O–H groups in total. The average Bonchev–Trinajstić information content (AvgIpc) is 2.56. The summed E-state index contributed by atoms with van der Waals surface area (Å²) in [7, 11) is 0. The summed E-state index contributed by atoms with van der Waals surface area (Å²) in [5, 5.41) is 25.5. The maximum atomic E-state index is 10.6. The van der Waals surface area contributed by atoms with E-state index in [9.17, 15) is 10.1 Å². The van der Waals surface area contributed by atoms with Crippen LogP contribution in [0.3, 0.4) is 0 Å². The summed E-state index contributed by atoms with van der Waals surface area (Å²) in [4.78, 5) is 10.1. The molecule has 0 fully saturated rings. The fraction of sp³-hybridized carbons (Fsp3) is 0.625. The van der Waals surface area contributed by atoms with Crippen molar-refractivity contribution in [1.29, 1.82) is 0 Å². The van der Waals surface area contributed by atoms with Gasteiger partial charge in [0, 0.05) is 12.5 Å². The molecule has 0 bridgehead atoms. The van der Waals surface area contributed by atoms with Crippen molar-refractivity contribution in [2.24, 2.45) is 5.92 Å². The van der Waals surface area contributed by atoms with Gasteiger partial charge in [0.1, 0.15) is 5.69 Å². The number of hydrogen-bond donors (Lipinski definition) is 2. The number of aryl methyl sites for hydroxylation is 1. The summed E-state index contributed by atoms with van der Waals surface area (Å²) >= 11 is 0. The van der Waals surface area contributed by atoms with Gasteiger partial charge in [0.05, 0.1) is 11.5 Å². The SMILES string of the molecule is Cc1[nH]nc(OC[C@H](C)CO)c1[N+](=O)[O-]. The van der Waals surface area contributed by atoms with E-state index in [1.807, 2.05) is 0 Å². The number of aliphatic hydroxyl groups excluding tert-OH is 1. The summed E-state index contributed by atoms with van der Waals surface area (Å²) < 4.78 is 5.13. The van der Waals surface area contributed by atoms with Crippen LogP contribution in [0.15, 0.2) is 0 Å². The standard InChI is InChI=1S/C8H13N3O4/c1-5(3-12)4-15-8-7(11(13)14)6(2)9-10-8/h5,12H,3-4H2,1-2H3,(H,9,10)/t5-/m1/s1. The zero-order valence-electron chi connectivity index (χ0n) is 8.56. The van der Waals surface area contributed by atoms with Gasteiger partial charge in [-0.1, -0.05) is 6.92 Å². The molecule has 7 heteroatoms. The molecule has 0 aliphatic heterocycles. The van der Waals surface area contributed by atoms with E-state index < -0.39 is 4.92 Å².